The molecule has 1 heterocycles. The van der Waals surface area contributed by atoms with Crippen molar-refractivity contribution in [3.05, 3.63) is 12.7 Å². The lowest BCUT2D eigenvalue weighted by Gasteiger charge is -2.29. The van der Waals surface area contributed by atoms with E-state index in [0.29, 0.717) is 0 Å². The topological polar surface area (TPSA) is 3.24 Å². The predicted octanol–water partition coefficient (Wildman–Crippen LogP) is 2.29. The minimum absolute atomic E-state index is 0.937. The average molecular weight is 153 g/mol. The maximum atomic E-state index is 3.75. The van der Waals surface area contributed by atoms with Gasteiger partial charge >= 0.3 is 0 Å². The van der Waals surface area contributed by atoms with Gasteiger partial charge in [0, 0.05) is 6.54 Å². The van der Waals surface area contributed by atoms with Gasteiger partial charge in [0.2, 0.25) is 0 Å². The maximum absolute atomic E-state index is 3.75. The highest BCUT2D eigenvalue weighted by molar-refractivity contribution is 4.74. The zero-order valence-corrected chi connectivity index (χ0v) is 7.55. The third-order valence-corrected chi connectivity index (χ3v) is 2.50. The number of nitrogens with zero attached hydrogens (tertiary/aromatic N) is 1. The summed E-state index contributed by atoms with van der Waals surface area (Å²) in [6.45, 7) is 6.35. The summed E-state index contributed by atoms with van der Waals surface area (Å²) in [4.78, 5) is 2.44. The Morgan fingerprint density at radius 3 is 3.09 bits per heavy atom. The Hall–Kier alpha value is -0.300. The first-order valence-electron chi connectivity index (χ1n) is 4.62. The van der Waals surface area contributed by atoms with E-state index in [1.807, 2.05) is 6.08 Å². The van der Waals surface area contributed by atoms with Crippen LogP contribution in [0.25, 0.3) is 0 Å². The highest BCUT2D eigenvalue weighted by Gasteiger charge is 2.15. The lowest BCUT2D eigenvalue weighted by molar-refractivity contribution is 0.203. The number of likely N-dealkylation sites (tertiary alicyclic amines) is 1. The van der Waals surface area contributed by atoms with Gasteiger partial charge in [-0.2, -0.15) is 0 Å². The van der Waals surface area contributed by atoms with E-state index in [0.717, 1.165) is 5.92 Å². The van der Waals surface area contributed by atoms with E-state index in [2.05, 4.69) is 18.5 Å². The third-order valence-electron chi connectivity index (χ3n) is 2.50. The van der Waals surface area contributed by atoms with Crippen LogP contribution in [0.4, 0.5) is 0 Å². The molecule has 1 rings (SSSR count). The van der Waals surface area contributed by atoms with Crippen molar-refractivity contribution < 1.29 is 0 Å². The largest absolute Gasteiger partial charge is 0.306 e. The molecule has 0 bridgehead atoms. The quantitative estimate of drug-likeness (QED) is 0.562. The van der Waals surface area contributed by atoms with Crippen LogP contribution in [0.15, 0.2) is 12.7 Å². The fourth-order valence-electron chi connectivity index (χ4n) is 1.86. The summed E-state index contributed by atoms with van der Waals surface area (Å²) in [7, 11) is 2.22. The van der Waals surface area contributed by atoms with E-state index in [1.165, 1.54) is 38.8 Å². The molecular formula is C10H19N. The molecule has 0 spiro atoms. The van der Waals surface area contributed by atoms with Gasteiger partial charge in [-0.15, -0.1) is 6.58 Å². The van der Waals surface area contributed by atoms with Crippen LogP contribution in [0.5, 0.6) is 0 Å². The fourth-order valence-corrected chi connectivity index (χ4v) is 1.86. The lowest BCUT2D eigenvalue weighted by atomic mass is 9.94. The van der Waals surface area contributed by atoms with Crippen molar-refractivity contribution in [3.63, 3.8) is 0 Å². The Morgan fingerprint density at radius 2 is 2.45 bits per heavy atom. The van der Waals surface area contributed by atoms with Crippen LogP contribution in [0.2, 0.25) is 0 Å². The van der Waals surface area contributed by atoms with Crippen molar-refractivity contribution in [1.82, 2.24) is 4.90 Å². The number of rotatable bonds is 3. The molecule has 0 aromatic heterocycles. The molecule has 1 heteroatoms. The Bertz CT molecular complexity index is 120. The van der Waals surface area contributed by atoms with Gasteiger partial charge in [0.25, 0.3) is 0 Å². The molecule has 1 saturated heterocycles. The number of hydrogen-bond donors (Lipinski definition) is 0. The summed E-state index contributed by atoms with van der Waals surface area (Å²) in [6.07, 6.45) is 7.39. The van der Waals surface area contributed by atoms with E-state index in [1.54, 1.807) is 0 Å². The monoisotopic (exact) mass is 153 g/mol. The highest BCUT2D eigenvalue weighted by Crippen LogP contribution is 2.19. The van der Waals surface area contributed by atoms with Crippen molar-refractivity contribution >= 4 is 0 Å². The summed E-state index contributed by atoms with van der Waals surface area (Å²) >= 11 is 0. The van der Waals surface area contributed by atoms with Crippen LogP contribution < -0.4 is 0 Å². The van der Waals surface area contributed by atoms with E-state index in [4.69, 9.17) is 0 Å². The molecule has 1 aliphatic heterocycles. The molecule has 1 unspecified atom stereocenters. The zero-order chi connectivity index (χ0) is 8.10. The molecule has 64 valence electrons. The van der Waals surface area contributed by atoms with Crippen molar-refractivity contribution in [2.45, 2.75) is 25.7 Å². The molecule has 0 N–H and O–H groups in total. The van der Waals surface area contributed by atoms with Gasteiger partial charge in [0.1, 0.15) is 0 Å². The van der Waals surface area contributed by atoms with Gasteiger partial charge in [-0.3, -0.25) is 0 Å². The van der Waals surface area contributed by atoms with Crippen LogP contribution >= 0.6 is 0 Å². The van der Waals surface area contributed by atoms with Crippen LogP contribution in [0.1, 0.15) is 25.7 Å². The lowest BCUT2D eigenvalue weighted by Crippen LogP contribution is -2.31. The minimum atomic E-state index is 0.937. The van der Waals surface area contributed by atoms with Gasteiger partial charge in [0.05, 0.1) is 0 Å². The standard InChI is InChI=1S/C10H19N/c1-3-4-6-10-7-5-8-11(2)9-10/h3,10H,1,4-9H2,2H3. The Labute approximate surface area is 70.1 Å². The van der Waals surface area contributed by atoms with Crippen molar-refractivity contribution in [3.8, 4) is 0 Å². The molecule has 1 atom stereocenters. The van der Waals surface area contributed by atoms with Crippen LogP contribution in [-0.2, 0) is 0 Å². The van der Waals surface area contributed by atoms with Crippen molar-refractivity contribution in [2.75, 3.05) is 20.1 Å². The number of piperidine rings is 1. The summed E-state index contributed by atoms with van der Waals surface area (Å²) in [6, 6.07) is 0. The molecule has 0 radical (unpaired) electrons. The van der Waals surface area contributed by atoms with Gasteiger partial charge < -0.3 is 4.90 Å². The first-order valence-corrected chi connectivity index (χ1v) is 4.62. The fraction of sp³-hybridized carbons (Fsp3) is 0.800. The van der Waals surface area contributed by atoms with Gasteiger partial charge in [-0.25, -0.2) is 0 Å². The second-order valence-corrected chi connectivity index (χ2v) is 3.64. The average Bonchev–Trinajstić information content (AvgIpc) is 2.01. The first kappa shape index (κ1) is 8.79. The Morgan fingerprint density at radius 1 is 1.64 bits per heavy atom. The van der Waals surface area contributed by atoms with Gasteiger partial charge in [-0.05, 0) is 45.2 Å². The van der Waals surface area contributed by atoms with Crippen LogP contribution in [-0.4, -0.2) is 25.0 Å². The van der Waals surface area contributed by atoms with Crippen LogP contribution in [0, 0.1) is 5.92 Å². The minimum Gasteiger partial charge on any atom is -0.306 e. The van der Waals surface area contributed by atoms with E-state index < -0.39 is 0 Å². The van der Waals surface area contributed by atoms with E-state index in [9.17, 15) is 0 Å². The van der Waals surface area contributed by atoms with Gasteiger partial charge in [-0.1, -0.05) is 6.08 Å². The molecule has 0 aromatic rings. The second-order valence-electron chi connectivity index (χ2n) is 3.64. The molecule has 0 amide bonds. The predicted molar refractivity (Wildman–Crippen MR) is 49.7 cm³/mol. The summed E-state index contributed by atoms with van der Waals surface area (Å²) < 4.78 is 0. The molecule has 0 aromatic carbocycles. The first-order chi connectivity index (χ1) is 5.33. The number of hydrogen-bond acceptors (Lipinski definition) is 1. The Kier molecular flexibility index (Phi) is 3.64. The smallest absolute Gasteiger partial charge is 0.000672 e. The molecule has 1 aliphatic rings. The SMILES string of the molecule is C=CCCC1CCCN(C)C1. The van der Waals surface area contributed by atoms with Crippen molar-refractivity contribution in [2.24, 2.45) is 5.92 Å². The van der Waals surface area contributed by atoms with E-state index >= 15 is 0 Å². The Balaban J connectivity index is 2.17. The van der Waals surface area contributed by atoms with Gasteiger partial charge in [0.15, 0.2) is 0 Å². The molecule has 1 nitrogen and oxygen atoms in total. The third kappa shape index (κ3) is 3.06. The van der Waals surface area contributed by atoms with Crippen LogP contribution in [0.3, 0.4) is 0 Å². The highest BCUT2D eigenvalue weighted by atomic mass is 15.1. The molecule has 0 aliphatic carbocycles. The molecule has 1 fully saturated rings. The summed E-state index contributed by atoms with van der Waals surface area (Å²) in [5, 5.41) is 0. The molecule has 0 saturated carbocycles. The summed E-state index contributed by atoms with van der Waals surface area (Å²) in [5.41, 5.74) is 0. The van der Waals surface area contributed by atoms with E-state index in [-0.39, 0.29) is 0 Å². The molecular weight excluding hydrogens is 134 g/mol. The molecule has 11 heavy (non-hydrogen) atoms. The second kappa shape index (κ2) is 4.55. The maximum Gasteiger partial charge on any atom is 0.000672 e. The number of allylic oxidation sites excluding steroid dienone is 1. The summed E-state index contributed by atoms with van der Waals surface area (Å²) in [5.74, 6) is 0.937. The normalized spacial score (nSPS) is 26.8. The zero-order valence-electron chi connectivity index (χ0n) is 7.55. The van der Waals surface area contributed by atoms with Crippen molar-refractivity contribution in [1.29, 1.82) is 0 Å².